The van der Waals surface area contributed by atoms with E-state index in [0.29, 0.717) is 17.9 Å². The lowest BCUT2D eigenvalue weighted by atomic mass is 9.94. The molecule has 180 valence electrons. The Kier molecular flexibility index (Phi) is 9.91. The predicted molar refractivity (Wildman–Crippen MR) is 131 cm³/mol. The third kappa shape index (κ3) is 7.13. The summed E-state index contributed by atoms with van der Waals surface area (Å²) >= 11 is 1.47. The minimum Gasteiger partial charge on any atom is -0.459 e. The van der Waals surface area contributed by atoms with Crippen molar-refractivity contribution in [1.82, 2.24) is 0 Å². The summed E-state index contributed by atoms with van der Waals surface area (Å²) in [5.74, 6) is -0.161. The summed E-state index contributed by atoms with van der Waals surface area (Å²) in [6.07, 6.45) is 6.92. The maximum atomic E-state index is 12.3. The first-order valence-corrected chi connectivity index (χ1v) is 12.7. The van der Waals surface area contributed by atoms with Crippen LogP contribution in [0.2, 0.25) is 0 Å². The highest BCUT2D eigenvalue weighted by atomic mass is 32.1. The Morgan fingerprint density at radius 1 is 1.15 bits per heavy atom. The number of thiophene rings is 1. The highest BCUT2D eigenvalue weighted by Gasteiger charge is 2.36. The van der Waals surface area contributed by atoms with Gasteiger partial charge in [-0.15, -0.1) is 11.3 Å². The number of unbranched alkanes of at least 4 members (excludes halogenated alkanes) is 2. The second kappa shape index (κ2) is 12.9. The van der Waals surface area contributed by atoms with Crippen molar-refractivity contribution in [3.05, 3.63) is 51.7 Å². The SMILES string of the molecule is CCCCCC(O)c1ccc(N2C(=O)C[C@@H]2CCCc2ccc(C(=O)OCCOC)s2)cc1. The molecule has 2 atom stereocenters. The van der Waals surface area contributed by atoms with Gasteiger partial charge in [0.25, 0.3) is 0 Å². The van der Waals surface area contributed by atoms with Crippen LogP contribution in [-0.2, 0) is 20.7 Å². The number of methoxy groups -OCH3 is 1. The predicted octanol–water partition coefficient (Wildman–Crippen LogP) is 5.29. The number of rotatable bonds is 14. The number of nitrogens with zero attached hydrogens (tertiary/aromatic N) is 1. The van der Waals surface area contributed by atoms with Crippen LogP contribution in [0.4, 0.5) is 5.69 Å². The van der Waals surface area contributed by atoms with Gasteiger partial charge in [-0.05, 0) is 55.5 Å². The number of carbonyl (C=O) groups is 2. The molecule has 0 spiro atoms. The van der Waals surface area contributed by atoms with Gasteiger partial charge in [0.05, 0.1) is 12.7 Å². The van der Waals surface area contributed by atoms with Crippen molar-refractivity contribution in [1.29, 1.82) is 0 Å². The number of esters is 1. The van der Waals surface area contributed by atoms with Crippen molar-refractivity contribution in [2.45, 2.75) is 70.4 Å². The Bertz CT molecular complexity index is 894. The molecule has 1 N–H and O–H groups in total. The highest BCUT2D eigenvalue weighted by Crippen LogP contribution is 2.32. The molecule has 0 saturated carbocycles. The maximum absolute atomic E-state index is 12.3. The van der Waals surface area contributed by atoms with Gasteiger partial charge in [0.2, 0.25) is 5.91 Å². The molecule has 2 aromatic rings. The number of aliphatic hydroxyl groups excluding tert-OH is 1. The van der Waals surface area contributed by atoms with Gasteiger partial charge < -0.3 is 19.5 Å². The zero-order valence-electron chi connectivity index (χ0n) is 19.6. The van der Waals surface area contributed by atoms with E-state index in [1.165, 1.54) is 11.3 Å². The average Bonchev–Trinajstić information content (AvgIpc) is 3.28. The van der Waals surface area contributed by atoms with Crippen molar-refractivity contribution in [2.24, 2.45) is 0 Å². The summed E-state index contributed by atoms with van der Waals surface area (Å²) < 4.78 is 10.1. The lowest BCUT2D eigenvalue weighted by Gasteiger charge is -2.40. The van der Waals surface area contributed by atoms with Gasteiger partial charge in [-0.25, -0.2) is 4.79 Å². The van der Waals surface area contributed by atoms with E-state index >= 15 is 0 Å². The lowest BCUT2D eigenvalue weighted by Crippen LogP contribution is -2.52. The van der Waals surface area contributed by atoms with E-state index in [-0.39, 0.29) is 24.5 Å². The third-order valence-corrected chi connectivity index (χ3v) is 7.15. The number of hydrogen-bond donors (Lipinski definition) is 1. The molecule has 1 unspecified atom stereocenters. The normalized spacial score (nSPS) is 16.5. The summed E-state index contributed by atoms with van der Waals surface area (Å²) in [7, 11) is 1.57. The summed E-state index contributed by atoms with van der Waals surface area (Å²) in [4.78, 5) is 27.9. The first-order valence-electron chi connectivity index (χ1n) is 11.9. The summed E-state index contributed by atoms with van der Waals surface area (Å²) in [5, 5.41) is 10.4. The van der Waals surface area contributed by atoms with Crippen LogP contribution in [-0.4, -0.2) is 43.3 Å². The van der Waals surface area contributed by atoms with Gasteiger partial charge in [-0.1, -0.05) is 38.3 Å². The third-order valence-electron chi connectivity index (χ3n) is 6.03. The molecule has 3 rings (SSSR count). The number of benzene rings is 1. The molecule has 1 aromatic heterocycles. The van der Waals surface area contributed by atoms with E-state index in [2.05, 4.69) is 6.92 Å². The molecule has 1 saturated heterocycles. The van der Waals surface area contributed by atoms with E-state index in [4.69, 9.17) is 9.47 Å². The number of anilines is 1. The van der Waals surface area contributed by atoms with E-state index < -0.39 is 6.10 Å². The fourth-order valence-corrected chi connectivity index (χ4v) is 5.05. The number of β-lactam (4-membered cyclic amide) rings is 1. The van der Waals surface area contributed by atoms with Gasteiger partial charge in [-0.3, -0.25) is 4.79 Å². The van der Waals surface area contributed by atoms with Gasteiger partial charge in [-0.2, -0.15) is 0 Å². The molecular weight excluding hydrogens is 438 g/mol. The van der Waals surface area contributed by atoms with Gasteiger partial charge in [0.15, 0.2) is 0 Å². The van der Waals surface area contributed by atoms with E-state index in [9.17, 15) is 14.7 Å². The van der Waals surface area contributed by atoms with Crippen LogP contribution in [0, 0.1) is 0 Å². The molecule has 1 aliphatic rings. The fraction of sp³-hybridized carbons (Fsp3) is 0.538. The Morgan fingerprint density at radius 2 is 1.94 bits per heavy atom. The molecule has 1 amide bonds. The maximum Gasteiger partial charge on any atom is 0.348 e. The quantitative estimate of drug-likeness (QED) is 0.229. The Hall–Kier alpha value is -2.22. The molecule has 1 aliphatic heterocycles. The molecule has 1 fully saturated rings. The highest BCUT2D eigenvalue weighted by molar-refractivity contribution is 7.13. The second-order valence-corrected chi connectivity index (χ2v) is 9.68. The zero-order chi connectivity index (χ0) is 23.6. The molecule has 0 aliphatic carbocycles. The molecule has 6 nitrogen and oxygen atoms in total. The minimum absolute atomic E-state index is 0.147. The average molecular weight is 474 g/mol. The van der Waals surface area contributed by atoms with Gasteiger partial charge in [0, 0.05) is 30.1 Å². The molecule has 2 heterocycles. The smallest absolute Gasteiger partial charge is 0.348 e. The first kappa shape index (κ1) is 25.4. The minimum atomic E-state index is -0.443. The fourth-order valence-electron chi connectivity index (χ4n) is 4.10. The van der Waals surface area contributed by atoms with Crippen LogP contribution in [0.1, 0.15) is 78.1 Å². The summed E-state index contributed by atoms with van der Waals surface area (Å²) in [6, 6.07) is 11.8. The Balaban J connectivity index is 1.46. The topological polar surface area (TPSA) is 76.1 Å². The van der Waals surface area contributed by atoms with Crippen LogP contribution in [0.15, 0.2) is 36.4 Å². The van der Waals surface area contributed by atoms with E-state index in [1.807, 2.05) is 41.3 Å². The number of hydrogen-bond acceptors (Lipinski definition) is 6. The molecule has 0 bridgehead atoms. The van der Waals surface area contributed by atoms with Gasteiger partial charge in [0.1, 0.15) is 11.5 Å². The van der Waals surface area contributed by atoms with Crippen LogP contribution in [0.3, 0.4) is 0 Å². The number of aryl methyl sites for hydroxylation is 1. The number of carbonyl (C=O) groups excluding carboxylic acids is 2. The molecule has 7 heteroatoms. The molecule has 1 aromatic carbocycles. The summed E-state index contributed by atoms with van der Waals surface area (Å²) in [5.41, 5.74) is 1.81. The molecule has 33 heavy (non-hydrogen) atoms. The number of aliphatic hydroxyl groups is 1. The number of ether oxygens (including phenoxy) is 2. The van der Waals surface area contributed by atoms with E-state index in [1.54, 1.807) is 7.11 Å². The van der Waals surface area contributed by atoms with Crippen LogP contribution in [0.5, 0.6) is 0 Å². The van der Waals surface area contributed by atoms with Crippen molar-refractivity contribution in [3.8, 4) is 0 Å². The van der Waals surface area contributed by atoms with Crippen molar-refractivity contribution >= 4 is 28.9 Å². The molecular formula is C26H35NO5S. The molecule has 0 radical (unpaired) electrons. The van der Waals surface area contributed by atoms with Crippen molar-refractivity contribution in [3.63, 3.8) is 0 Å². The van der Waals surface area contributed by atoms with E-state index in [0.717, 1.165) is 61.1 Å². The monoisotopic (exact) mass is 473 g/mol. The lowest BCUT2D eigenvalue weighted by molar-refractivity contribution is -0.124. The van der Waals surface area contributed by atoms with Crippen molar-refractivity contribution < 1.29 is 24.2 Å². The summed E-state index contributed by atoms with van der Waals surface area (Å²) in [6.45, 7) is 2.80. The van der Waals surface area contributed by atoms with Gasteiger partial charge >= 0.3 is 5.97 Å². The zero-order valence-corrected chi connectivity index (χ0v) is 20.4. The van der Waals surface area contributed by atoms with Crippen LogP contribution >= 0.6 is 11.3 Å². The first-order chi connectivity index (χ1) is 16.0. The second-order valence-electron chi connectivity index (χ2n) is 8.51. The van der Waals surface area contributed by atoms with Crippen molar-refractivity contribution in [2.75, 3.05) is 25.2 Å². The standard InChI is InChI=1S/C26H35NO5S/c1-3-4-5-9-23(28)19-10-12-20(13-11-19)27-21(18-25(27)29)7-6-8-22-14-15-24(33-22)26(30)32-17-16-31-2/h10-15,21,23,28H,3-9,16-18H2,1-2H3/t21-,23?/m0/s1. The largest absolute Gasteiger partial charge is 0.459 e. The number of amides is 1. The van der Waals surface area contributed by atoms with Crippen LogP contribution in [0.25, 0.3) is 0 Å². The van der Waals surface area contributed by atoms with Crippen LogP contribution < -0.4 is 4.90 Å². The Morgan fingerprint density at radius 3 is 2.64 bits per heavy atom. The Labute approximate surface area is 200 Å².